The number of allylic oxidation sites excluding steroid dienone is 6. The molecule has 0 bridgehead atoms. The van der Waals surface area contributed by atoms with Crippen molar-refractivity contribution in [3.63, 3.8) is 0 Å². The Balaban J connectivity index is 4.41. The summed E-state index contributed by atoms with van der Waals surface area (Å²) in [6.07, 6.45) is 37.4. The summed E-state index contributed by atoms with van der Waals surface area (Å²) in [5, 5.41) is 0. The maximum Gasteiger partial charge on any atom is 0.306 e. The Hall–Kier alpha value is -1.77. The summed E-state index contributed by atoms with van der Waals surface area (Å²) in [6, 6.07) is 0. The van der Waals surface area contributed by atoms with Gasteiger partial charge in [0.05, 0.1) is 27.7 Å². The first-order valence-corrected chi connectivity index (χ1v) is 22.2. The number of hydrogen-bond acceptors (Lipinski definition) is 8. The molecule has 52 heavy (non-hydrogen) atoms. The van der Waals surface area contributed by atoms with E-state index < -0.39 is 32.5 Å². The molecule has 0 saturated heterocycles. The third-order valence-corrected chi connectivity index (χ3v) is 9.63. The van der Waals surface area contributed by atoms with E-state index in [1.807, 2.05) is 21.1 Å². The lowest BCUT2D eigenvalue weighted by atomic mass is 10.1. The standard InChI is InChI=1S/C42H78NO8P/c1-6-8-10-12-14-16-18-19-20-21-22-23-25-26-28-30-32-34-41(44)48-38-40(39-50-52(46,47)49-37-36-43(3,4)5)51-42(45)35-33-31-29-27-24-17-15-13-11-9-7-2/h14,16,19-20,22-23,40H,6-13,15,17-18,21,24-39H2,1-5H3/b16-14-,20-19-,23-22-/t40-/m1/s1. The highest BCUT2D eigenvalue weighted by atomic mass is 31.2. The predicted molar refractivity (Wildman–Crippen MR) is 213 cm³/mol. The molecule has 0 aromatic rings. The summed E-state index contributed by atoms with van der Waals surface area (Å²) in [7, 11) is 1.15. The van der Waals surface area contributed by atoms with E-state index in [4.69, 9.17) is 18.5 Å². The number of esters is 2. The second kappa shape index (κ2) is 35.0. The highest BCUT2D eigenvalue weighted by Crippen LogP contribution is 2.38. The van der Waals surface area contributed by atoms with Crippen LogP contribution < -0.4 is 4.89 Å². The molecule has 0 aliphatic heterocycles. The van der Waals surface area contributed by atoms with E-state index in [1.54, 1.807) is 0 Å². The van der Waals surface area contributed by atoms with Gasteiger partial charge in [-0.3, -0.25) is 14.2 Å². The van der Waals surface area contributed by atoms with Gasteiger partial charge < -0.3 is 27.9 Å². The van der Waals surface area contributed by atoms with Crippen molar-refractivity contribution in [2.45, 2.75) is 174 Å². The molecule has 0 aliphatic carbocycles. The lowest BCUT2D eigenvalue weighted by Gasteiger charge is -2.28. The average molecular weight is 756 g/mol. The van der Waals surface area contributed by atoms with Gasteiger partial charge in [-0.15, -0.1) is 0 Å². The number of carbonyl (C=O) groups is 2. The van der Waals surface area contributed by atoms with Crippen LogP contribution in [-0.4, -0.2) is 70.0 Å². The number of ether oxygens (including phenoxy) is 2. The Morgan fingerprint density at radius 2 is 1.04 bits per heavy atom. The normalized spacial score (nSPS) is 14.0. The second-order valence-corrected chi connectivity index (χ2v) is 16.4. The lowest BCUT2D eigenvalue weighted by Crippen LogP contribution is -2.37. The minimum absolute atomic E-state index is 0.0342. The van der Waals surface area contributed by atoms with Crippen molar-refractivity contribution in [2.75, 3.05) is 47.5 Å². The van der Waals surface area contributed by atoms with Crippen molar-refractivity contribution in [2.24, 2.45) is 0 Å². The molecule has 0 aliphatic rings. The van der Waals surface area contributed by atoms with Gasteiger partial charge in [-0.2, -0.15) is 0 Å². The smallest absolute Gasteiger partial charge is 0.306 e. The summed E-state index contributed by atoms with van der Waals surface area (Å²) in [5.74, 6) is -0.860. The molecule has 0 aromatic carbocycles. The Morgan fingerprint density at radius 3 is 1.58 bits per heavy atom. The fourth-order valence-corrected chi connectivity index (χ4v) is 6.09. The van der Waals surface area contributed by atoms with Crippen molar-refractivity contribution in [3.05, 3.63) is 36.5 Å². The zero-order valence-corrected chi connectivity index (χ0v) is 34.9. The van der Waals surface area contributed by atoms with Crippen LogP contribution in [0.1, 0.15) is 168 Å². The van der Waals surface area contributed by atoms with Crippen molar-refractivity contribution in [1.82, 2.24) is 0 Å². The maximum absolute atomic E-state index is 12.6. The molecule has 0 fully saturated rings. The number of phosphoric ester groups is 1. The third-order valence-electron chi connectivity index (χ3n) is 8.66. The van der Waals surface area contributed by atoms with Crippen molar-refractivity contribution in [3.8, 4) is 0 Å². The SMILES string of the molecule is CCCCC/C=C\C/C=C\C/C=C\CCCCCCC(=O)OC[C@H](COP(=O)([O-])OCC[N+](C)(C)C)OC(=O)CCCCCCCCCCCCC. The molecule has 0 radical (unpaired) electrons. The van der Waals surface area contributed by atoms with Crippen molar-refractivity contribution < 1.29 is 42.1 Å². The molecular formula is C42H78NO8P. The summed E-state index contributed by atoms with van der Waals surface area (Å²) < 4.78 is 33.8. The largest absolute Gasteiger partial charge is 0.756 e. The first-order chi connectivity index (χ1) is 25.0. The molecular weight excluding hydrogens is 677 g/mol. The van der Waals surface area contributed by atoms with Crippen LogP contribution in [0.25, 0.3) is 0 Å². The fraction of sp³-hybridized carbons (Fsp3) is 0.810. The van der Waals surface area contributed by atoms with Crippen LogP contribution in [-0.2, 0) is 32.7 Å². The van der Waals surface area contributed by atoms with Crippen LogP contribution >= 0.6 is 7.82 Å². The van der Waals surface area contributed by atoms with Crippen LogP contribution in [0.4, 0.5) is 0 Å². The minimum atomic E-state index is -4.62. The van der Waals surface area contributed by atoms with E-state index in [1.165, 1.54) is 70.6 Å². The fourth-order valence-electron chi connectivity index (χ4n) is 5.37. The van der Waals surface area contributed by atoms with E-state index in [9.17, 15) is 19.0 Å². The Kier molecular flexibility index (Phi) is 33.8. The number of phosphoric acid groups is 1. The van der Waals surface area contributed by atoms with Crippen LogP contribution in [0.15, 0.2) is 36.5 Å². The first kappa shape index (κ1) is 50.2. The van der Waals surface area contributed by atoms with Gasteiger partial charge in [0.15, 0.2) is 6.10 Å². The molecule has 0 heterocycles. The number of rotatable bonds is 37. The topological polar surface area (TPSA) is 111 Å². The quantitative estimate of drug-likeness (QED) is 0.0203. The van der Waals surface area contributed by atoms with Gasteiger partial charge in [0.25, 0.3) is 7.82 Å². The lowest BCUT2D eigenvalue weighted by molar-refractivity contribution is -0.870. The van der Waals surface area contributed by atoms with Crippen LogP contribution in [0.5, 0.6) is 0 Å². The molecule has 0 spiro atoms. The summed E-state index contributed by atoms with van der Waals surface area (Å²) >= 11 is 0. The number of unbranched alkanes of at least 4 members (excludes halogenated alkanes) is 17. The monoisotopic (exact) mass is 756 g/mol. The van der Waals surface area contributed by atoms with Crippen LogP contribution in [0.2, 0.25) is 0 Å². The van der Waals surface area contributed by atoms with Crippen molar-refractivity contribution >= 4 is 19.8 Å². The Bertz CT molecular complexity index is 991. The van der Waals surface area contributed by atoms with Crippen LogP contribution in [0.3, 0.4) is 0 Å². The molecule has 304 valence electrons. The molecule has 0 amide bonds. The number of quaternary nitrogens is 1. The number of nitrogens with zero attached hydrogens (tertiary/aromatic N) is 1. The maximum atomic E-state index is 12.6. The molecule has 0 saturated carbocycles. The molecule has 10 heteroatoms. The summed E-state index contributed by atoms with van der Waals surface area (Å²) in [4.78, 5) is 37.4. The molecule has 1 unspecified atom stereocenters. The van der Waals surface area contributed by atoms with Gasteiger partial charge in [-0.05, 0) is 51.4 Å². The molecule has 2 atom stereocenters. The second-order valence-electron chi connectivity index (χ2n) is 15.0. The van der Waals surface area contributed by atoms with E-state index in [2.05, 4.69) is 50.3 Å². The van der Waals surface area contributed by atoms with Gasteiger partial charge in [0.2, 0.25) is 0 Å². The predicted octanol–water partition coefficient (Wildman–Crippen LogP) is 10.7. The average Bonchev–Trinajstić information content (AvgIpc) is 3.09. The number of carbonyl (C=O) groups excluding carboxylic acids is 2. The van der Waals surface area contributed by atoms with E-state index >= 15 is 0 Å². The highest BCUT2D eigenvalue weighted by Gasteiger charge is 2.21. The van der Waals surface area contributed by atoms with Gasteiger partial charge in [0, 0.05) is 12.8 Å². The summed E-state index contributed by atoms with van der Waals surface area (Å²) in [6.45, 7) is 4.15. The molecule has 0 N–H and O–H groups in total. The number of hydrogen-bond donors (Lipinski definition) is 0. The third kappa shape index (κ3) is 38.0. The van der Waals surface area contributed by atoms with Gasteiger partial charge in [0.1, 0.15) is 19.8 Å². The first-order valence-electron chi connectivity index (χ1n) is 20.7. The van der Waals surface area contributed by atoms with Crippen LogP contribution in [0, 0.1) is 0 Å². The Labute approximate surface area is 319 Å². The molecule has 0 aromatic heterocycles. The number of likely N-dealkylation sites (N-methyl/N-ethyl adjacent to an activating group) is 1. The van der Waals surface area contributed by atoms with E-state index in [0.29, 0.717) is 23.9 Å². The zero-order valence-electron chi connectivity index (χ0n) is 34.0. The van der Waals surface area contributed by atoms with Gasteiger partial charge in [-0.1, -0.05) is 140 Å². The summed E-state index contributed by atoms with van der Waals surface area (Å²) in [5.41, 5.74) is 0. The van der Waals surface area contributed by atoms with E-state index in [0.717, 1.165) is 57.8 Å². The molecule has 0 rings (SSSR count). The zero-order chi connectivity index (χ0) is 38.6. The van der Waals surface area contributed by atoms with E-state index in [-0.39, 0.29) is 26.1 Å². The van der Waals surface area contributed by atoms with Gasteiger partial charge in [-0.25, -0.2) is 0 Å². The highest BCUT2D eigenvalue weighted by molar-refractivity contribution is 7.45. The van der Waals surface area contributed by atoms with Gasteiger partial charge >= 0.3 is 11.9 Å². The van der Waals surface area contributed by atoms with Crippen molar-refractivity contribution in [1.29, 1.82) is 0 Å². The minimum Gasteiger partial charge on any atom is -0.756 e. The molecule has 9 nitrogen and oxygen atoms in total. The Morgan fingerprint density at radius 1 is 0.596 bits per heavy atom.